The maximum Gasteiger partial charge on any atom is 0.293 e. The Morgan fingerprint density at radius 2 is 2.12 bits per heavy atom. The normalized spacial score (nSPS) is 9.06. The Morgan fingerprint density at radius 3 is 2.69 bits per heavy atom. The van der Waals surface area contributed by atoms with Crippen LogP contribution in [0.3, 0.4) is 0 Å². The minimum atomic E-state index is -0.739. The number of ketones is 1. The molecule has 0 heterocycles. The summed E-state index contributed by atoms with van der Waals surface area (Å²) in [7, 11) is 0. The molecule has 0 aliphatic rings. The second-order valence-corrected chi connectivity index (χ2v) is 3.12. The first-order chi connectivity index (χ1) is 7.54. The fourth-order valence-electron chi connectivity index (χ4n) is 1.16. The molecule has 16 heavy (non-hydrogen) atoms. The third-order valence-corrected chi connectivity index (χ3v) is 1.95. The van der Waals surface area contributed by atoms with Crippen LogP contribution in [0.4, 0.5) is 0 Å². The van der Waals surface area contributed by atoms with Crippen molar-refractivity contribution in [1.82, 2.24) is 0 Å². The van der Waals surface area contributed by atoms with Gasteiger partial charge in [0.25, 0.3) is 5.91 Å². The van der Waals surface area contributed by atoms with Crippen LogP contribution in [0.1, 0.15) is 29.3 Å². The van der Waals surface area contributed by atoms with Crippen molar-refractivity contribution in [3.63, 3.8) is 0 Å². The van der Waals surface area contributed by atoms with Gasteiger partial charge in [0.1, 0.15) is 5.75 Å². The van der Waals surface area contributed by atoms with Crippen molar-refractivity contribution in [2.75, 3.05) is 0 Å². The van der Waals surface area contributed by atoms with Gasteiger partial charge in [0.15, 0.2) is 5.78 Å². The Kier molecular flexibility index (Phi) is 3.67. The van der Waals surface area contributed by atoms with Gasteiger partial charge in [-0.15, -0.1) is 0 Å². The number of primary amides is 1. The van der Waals surface area contributed by atoms with Crippen LogP contribution in [-0.4, -0.2) is 16.8 Å². The highest BCUT2D eigenvalue weighted by molar-refractivity contribution is 5.99. The van der Waals surface area contributed by atoms with E-state index >= 15 is 0 Å². The largest absolute Gasteiger partial charge is 0.507 e. The molecule has 4 heteroatoms. The first kappa shape index (κ1) is 11.8. The van der Waals surface area contributed by atoms with E-state index in [-0.39, 0.29) is 17.1 Å². The van der Waals surface area contributed by atoms with Crippen LogP contribution in [0.15, 0.2) is 18.2 Å². The summed E-state index contributed by atoms with van der Waals surface area (Å²) in [6, 6.07) is 4.32. The zero-order valence-corrected chi connectivity index (χ0v) is 8.78. The van der Waals surface area contributed by atoms with Crippen molar-refractivity contribution < 1.29 is 14.7 Å². The van der Waals surface area contributed by atoms with Crippen LogP contribution in [-0.2, 0) is 4.79 Å². The smallest absolute Gasteiger partial charge is 0.293 e. The molecule has 0 unspecified atom stereocenters. The van der Waals surface area contributed by atoms with Crippen molar-refractivity contribution >= 4 is 11.7 Å². The van der Waals surface area contributed by atoms with Crippen LogP contribution in [0.5, 0.6) is 5.75 Å². The van der Waals surface area contributed by atoms with Gasteiger partial charge >= 0.3 is 0 Å². The quantitative estimate of drug-likeness (QED) is 0.568. The fourth-order valence-corrected chi connectivity index (χ4v) is 1.16. The summed E-state index contributed by atoms with van der Waals surface area (Å²) in [6.45, 7) is 1.70. The minimum absolute atomic E-state index is 0.0866. The molecule has 0 saturated heterocycles. The third kappa shape index (κ3) is 2.85. The highest BCUT2D eigenvalue weighted by Gasteiger charge is 2.09. The zero-order chi connectivity index (χ0) is 12.1. The van der Waals surface area contributed by atoms with Crippen LogP contribution < -0.4 is 5.73 Å². The molecule has 0 bridgehead atoms. The standard InChI is InChI=1S/C12H11NO3/c1-2-10(14)9-7-8(3-5-11(9)15)4-6-12(13)16/h3,5,7,15H,2H2,1H3,(H2,13,16). The summed E-state index contributed by atoms with van der Waals surface area (Å²) < 4.78 is 0. The van der Waals surface area contributed by atoms with Gasteiger partial charge in [-0.3, -0.25) is 9.59 Å². The molecule has 0 spiro atoms. The van der Waals surface area contributed by atoms with Crippen molar-refractivity contribution in [2.24, 2.45) is 5.73 Å². The van der Waals surface area contributed by atoms with E-state index in [0.29, 0.717) is 12.0 Å². The zero-order valence-electron chi connectivity index (χ0n) is 8.78. The Bertz CT molecular complexity index is 495. The number of amides is 1. The Balaban J connectivity index is 3.14. The van der Waals surface area contributed by atoms with Gasteiger partial charge in [-0.05, 0) is 24.1 Å². The first-order valence-corrected chi connectivity index (χ1v) is 4.72. The molecule has 0 aromatic heterocycles. The number of rotatable bonds is 2. The Labute approximate surface area is 93.1 Å². The van der Waals surface area contributed by atoms with E-state index in [1.165, 1.54) is 18.2 Å². The molecule has 0 aliphatic carbocycles. The van der Waals surface area contributed by atoms with Crippen LogP contribution >= 0.6 is 0 Å². The monoisotopic (exact) mass is 217 g/mol. The number of benzene rings is 1. The molecule has 4 nitrogen and oxygen atoms in total. The maximum atomic E-state index is 11.4. The van der Waals surface area contributed by atoms with Gasteiger partial charge in [0.2, 0.25) is 0 Å². The van der Waals surface area contributed by atoms with Gasteiger partial charge in [0.05, 0.1) is 5.56 Å². The number of nitrogens with two attached hydrogens (primary N) is 1. The summed E-state index contributed by atoms with van der Waals surface area (Å²) in [4.78, 5) is 21.9. The number of Topliss-reactive ketones (excluding diaryl/α,β-unsaturated/α-hetero) is 1. The molecule has 0 saturated carbocycles. The molecular formula is C12H11NO3. The predicted octanol–water partition coefficient (Wildman–Crippen LogP) is 0.822. The van der Waals surface area contributed by atoms with Gasteiger partial charge in [-0.1, -0.05) is 12.8 Å². The van der Waals surface area contributed by atoms with Crippen LogP contribution in [0.2, 0.25) is 0 Å². The number of hydrogen-bond acceptors (Lipinski definition) is 3. The van der Waals surface area contributed by atoms with E-state index in [9.17, 15) is 14.7 Å². The number of carbonyl (C=O) groups is 2. The predicted molar refractivity (Wildman–Crippen MR) is 58.8 cm³/mol. The van der Waals surface area contributed by atoms with Crippen molar-refractivity contribution in [1.29, 1.82) is 0 Å². The van der Waals surface area contributed by atoms with Crippen LogP contribution in [0, 0.1) is 11.8 Å². The topological polar surface area (TPSA) is 80.4 Å². The van der Waals surface area contributed by atoms with Crippen LogP contribution in [0.25, 0.3) is 0 Å². The lowest BCUT2D eigenvalue weighted by Crippen LogP contribution is -2.06. The third-order valence-electron chi connectivity index (χ3n) is 1.95. The highest BCUT2D eigenvalue weighted by Crippen LogP contribution is 2.19. The van der Waals surface area contributed by atoms with E-state index in [1.54, 1.807) is 6.92 Å². The molecule has 0 radical (unpaired) electrons. The minimum Gasteiger partial charge on any atom is -0.507 e. The molecular weight excluding hydrogens is 206 g/mol. The lowest BCUT2D eigenvalue weighted by Gasteiger charge is -2.01. The molecule has 82 valence electrons. The number of hydrogen-bond donors (Lipinski definition) is 2. The summed E-state index contributed by atoms with van der Waals surface area (Å²) >= 11 is 0. The molecule has 3 N–H and O–H groups in total. The number of carbonyl (C=O) groups excluding carboxylic acids is 2. The molecule has 1 aromatic carbocycles. The SMILES string of the molecule is CCC(=O)c1cc(C#CC(N)=O)ccc1O. The lowest BCUT2D eigenvalue weighted by atomic mass is 10.0. The molecule has 0 atom stereocenters. The van der Waals surface area contributed by atoms with Gasteiger partial charge in [0, 0.05) is 12.0 Å². The summed E-state index contributed by atoms with van der Waals surface area (Å²) in [6.07, 6.45) is 0.292. The second kappa shape index (κ2) is 4.99. The van der Waals surface area contributed by atoms with Gasteiger partial charge in [-0.2, -0.15) is 0 Å². The summed E-state index contributed by atoms with van der Waals surface area (Å²) in [5.74, 6) is 3.66. The lowest BCUT2D eigenvalue weighted by molar-refractivity contribution is -0.112. The van der Waals surface area contributed by atoms with Gasteiger partial charge < -0.3 is 10.8 Å². The average Bonchev–Trinajstić information content (AvgIpc) is 2.27. The molecule has 1 rings (SSSR count). The molecule has 0 fully saturated rings. The number of aromatic hydroxyl groups is 1. The maximum absolute atomic E-state index is 11.4. The van der Waals surface area contributed by atoms with E-state index in [0.717, 1.165) is 0 Å². The summed E-state index contributed by atoms with van der Waals surface area (Å²) in [5.41, 5.74) is 5.54. The van der Waals surface area contributed by atoms with Crippen molar-refractivity contribution in [3.05, 3.63) is 29.3 Å². The van der Waals surface area contributed by atoms with Crippen molar-refractivity contribution in [2.45, 2.75) is 13.3 Å². The molecule has 0 aliphatic heterocycles. The number of phenolic OH excluding ortho intramolecular Hbond substituents is 1. The first-order valence-electron chi connectivity index (χ1n) is 4.72. The average molecular weight is 217 g/mol. The van der Waals surface area contributed by atoms with Crippen molar-refractivity contribution in [3.8, 4) is 17.6 Å². The molecule has 1 amide bonds. The van der Waals surface area contributed by atoms with E-state index in [4.69, 9.17) is 5.73 Å². The fraction of sp³-hybridized carbons (Fsp3) is 0.167. The highest BCUT2D eigenvalue weighted by atomic mass is 16.3. The Morgan fingerprint density at radius 1 is 1.44 bits per heavy atom. The van der Waals surface area contributed by atoms with E-state index in [2.05, 4.69) is 11.8 Å². The Hall–Kier alpha value is -2.28. The summed E-state index contributed by atoms with van der Waals surface area (Å²) in [5, 5.41) is 9.45. The number of phenols is 1. The van der Waals surface area contributed by atoms with E-state index < -0.39 is 5.91 Å². The van der Waals surface area contributed by atoms with E-state index in [1.807, 2.05) is 0 Å². The second-order valence-electron chi connectivity index (χ2n) is 3.12. The van der Waals surface area contributed by atoms with Gasteiger partial charge in [-0.25, -0.2) is 0 Å². The molecule has 1 aromatic rings.